The minimum absolute atomic E-state index is 0.00975. The average molecular weight is 605 g/mol. The quantitative estimate of drug-likeness (QED) is 0.144. The Kier molecular flexibility index (Phi) is 8.55. The van der Waals surface area contributed by atoms with Crippen molar-refractivity contribution >= 4 is 46.1 Å². The van der Waals surface area contributed by atoms with Crippen molar-refractivity contribution in [3.8, 4) is 0 Å². The van der Waals surface area contributed by atoms with E-state index in [0.29, 0.717) is 35.7 Å². The molecular formula is C34H35Cl2N3O3. The van der Waals surface area contributed by atoms with Crippen molar-refractivity contribution in [2.24, 2.45) is 0 Å². The molecule has 2 fully saturated rings. The lowest BCUT2D eigenvalue weighted by atomic mass is 9.85. The Morgan fingerprint density at radius 3 is 2.02 bits per heavy atom. The molecular weight excluding hydrogens is 569 g/mol. The minimum Gasteiger partial charge on any atom is -0.466 e. The molecule has 6 nitrogen and oxygen atoms in total. The Labute approximate surface area is 256 Å². The summed E-state index contributed by atoms with van der Waals surface area (Å²) in [7, 11) is 0. The van der Waals surface area contributed by atoms with E-state index in [4.69, 9.17) is 32.9 Å². The summed E-state index contributed by atoms with van der Waals surface area (Å²) in [5, 5.41) is 1.42. The second kappa shape index (κ2) is 12.5. The van der Waals surface area contributed by atoms with Crippen LogP contribution in [0.1, 0.15) is 85.8 Å². The number of aromatic nitrogens is 2. The molecule has 3 aromatic carbocycles. The number of imidazole rings is 1. The van der Waals surface area contributed by atoms with Gasteiger partial charge in [0.25, 0.3) is 0 Å². The average Bonchev–Trinajstić information content (AvgIpc) is 3.78. The van der Waals surface area contributed by atoms with Gasteiger partial charge >= 0.3 is 5.97 Å². The molecule has 0 atom stereocenters. The van der Waals surface area contributed by atoms with E-state index in [9.17, 15) is 9.59 Å². The summed E-state index contributed by atoms with van der Waals surface area (Å²) in [6.07, 6.45) is 4.39. The van der Waals surface area contributed by atoms with Gasteiger partial charge in [0.2, 0.25) is 5.91 Å². The molecule has 218 valence electrons. The first kappa shape index (κ1) is 28.8. The first-order valence-corrected chi connectivity index (χ1v) is 15.6. The SMILES string of the molecule is CCOC(=O)CCC(=O)N1CCC(n2c(C3CC3)nc3ccc(C(c4ccc(Cl)cc4)c4ccc(Cl)cc4)cc32)CC1. The molecule has 1 amide bonds. The van der Waals surface area contributed by atoms with E-state index in [0.717, 1.165) is 35.0 Å². The summed E-state index contributed by atoms with van der Waals surface area (Å²) in [5.74, 6) is 1.38. The number of benzene rings is 3. The van der Waals surface area contributed by atoms with E-state index in [1.807, 2.05) is 29.2 Å². The molecule has 0 radical (unpaired) electrons. The normalized spacial score (nSPS) is 15.9. The topological polar surface area (TPSA) is 64.4 Å². The number of rotatable bonds is 9. The van der Waals surface area contributed by atoms with Crippen LogP contribution in [-0.4, -0.2) is 46.0 Å². The van der Waals surface area contributed by atoms with Crippen LogP contribution in [0.5, 0.6) is 0 Å². The van der Waals surface area contributed by atoms with Gasteiger partial charge in [-0.05, 0) is 85.7 Å². The zero-order valence-electron chi connectivity index (χ0n) is 23.8. The predicted molar refractivity (Wildman–Crippen MR) is 166 cm³/mol. The van der Waals surface area contributed by atoms with E-state index in [1.54, 1.807) is 6.92 Å². The third-order valence-electron chi connectivity index (χ3n) is 8.45. The van der Waals surface area contributed by atoms with Crippen LogP contribution in [0.2, 0.25) is 10.0 Å². The van der Waals surface area contributed by atoms with Crippen LogP contribution < -0.4 is 0 Å². The van der Waals surface area contributed by atoms with Gasteiger partial charge in [-0.2, -0.15) is 0 Å². The van der Waals surface area contributed by atoms with E-state index in [1.165, 1.54) is 24.2 Å². The summed E-state index contributed by atoms with van der Waals surface area (Å²) in [6.45, 7) is 3.46. The third-order valence-corrected chi connectivity index (χ3v) is 8.96. The van der Waals surface area contributed by atoms with Crippen LogP contribution >= 0.6 is 23.2 Å². The molecule has 4 aromatic rings. The van der Waals surface area contributed by atoms with Crippen molar-refractivity contribution < 1.29 is 14.3 Å². The monoisotopic (exact) mass is 603 g/mol. The lowest BCUT2D eigenvalue weighted by Gasteiger charge is -2.34. The summed E-state index contributed by atoms with van der Waals surface area (Å²) >= 11 is 12.5. The fourth-order valence-electron chi connectivity index (χ4n) is 6.18. The van der Waals surface area contributed by atoms with Gasteiger partial charge in [-0.15, -0.1) is 0 Å². The number of carbonyl (C=O) groups excluding carboxylic acids is 2. The number of fused-ring (bicyclic) bond motifs is 1. The van der Waals surface area contributed by atoms with Gasteiger partial charge in [-0.1, -0.05) is 53.5 Å². The highest BCUT2D eigenvalue weighted by Crippen LogP contribution is 2.44. The number of piperidine rings is 1. The zero-order valence-corrected chi connectivity index (χ0v) is 25.3. The molecule has 6 rings (SSSR count). The molecule has 1 saturated heterocycles. The fourth-order valence-corrected chi connectivity index (χ4v) is 6.43. The molecule has 0 unspecified atom stereocenters. The Morgan fingerprint density at radius 1 is 0.857 bits per heavy atom. The predicted octanol–water partition coefficient (Wildman–Crippen LogP) is 7.91. The van der Waals surface area contributed by atoms with Crippen LogP contribution in [0.4, 0.5) is 0 Å². The molecule has 2 heterocycles. The van der Waals surface area contributed by atoms with Crippen molar-refractivity contribution in [2.75, 3.05) is 19.7 Å². The molecule has 8 heteroatoms. The lowest BCUT2D eigenvalue weighted by molar-refractivity contribution is -0.146. The van der Waals surface area contributed by atoms with Crippen LogP contribution in [-0.2, 0) is 14.3 Å². The molecule has 1 aliphatic carbocycles. The highest BCUT2D eigenvalue weighted by Gasteiger charge is 2.34. The second-order valence-corrected chi connectivity index (χ2v) is 12.2. The molecule has 0 N–H and O–H groups in total. The molecule has 1 aliphatic heterocycles. The summed E-state index contributed by atoms with van der Waals surface area (Å²) in [6, 6.07) is 23.0. The number of esters is 1. The number of ether oxygens (including phenoxy) is 1. The summed E-state index contributed by atoms with van der Waals surface area (Å²) in [5.41, 5.74) is 5.66. The maximum atomic E-state index is 12.8. The largest absolute Gasteiger partial charge is 0.466 e. The van der Waals surface area contributed by atoms with Gasteiger partial charge in [0.05, 0.1) is 24.1 Å². The summed E-state index contributed by atoms with van der Waals surface area (Å²) < 4.78 is 7.46. The Morgan fingerprint density at radius 2 is 1.45 bits per heavy atom. The van der Waals surface area contributed by atoms with Gasteiger partial charge < -0.3 is 14.2 Å². The number of hydrogen-bond donors (Lipinski definition) is 0. The number of carbonyl (C=O) groups is 2. The van der Waals surface area contributed by atoms with E-state index in [-0.39, 0.29) is 36.7 Å². The van der Waals surface area contributed by atoms with Gasteiger partial charge in [0.1, 0.15) is 5.82 Å². The Balaban J connectivity index is 1.30. The smallest absolute Gasteiger partial charge is 0.306 e. The van der Waals surface area contributed by atoms with Crippen LogP contribution in [0, 0.1) is 0 Å². The number of hydrogen-bond acceptors (Lipinski definition) is 4. The number of amides is 1. The van der Waals surface area contributed by atoms with Gasteiger partial charge in [-0.25, -0.2) is 4.98 Å². The maximum Gasteiger partial charge on any atom is 0.306 e. The van der Waals surface area contributed by atoms with Crippen molar-refractivity contribution in [1.29, 1.82) is 0 Å². The number of halogens is 2. The van der Waals surface area contributed by atoms with Gasteiger partial charge in [-0.3, -0.25) is 9.59 Å². The van der Waals surface area contributed by atoms with E-state index in [2.05, 4.69) is 47.0 Å². The lowest BCUT2D eigenvalue weighted by Crippen LogP contribution is -2.39. The minimum atomic E-state index is -0.314. The van der Waals surface area contributed by atoms with Gasteiger partial charge in [0, 0.05) is 47.4 Å². The number of nitrogens with zero attached hydrogens (tertiary/aromatic N) is 3. The van der Waals surface area contributed by atoms with Crippen LogP contribution in [0.15, 0.2) is 66.7 Å². The zero-order chi connectivity index (χ0) is 29.2. The van der Waals surface area contributed by atoms with Crippen molar-refractivity contribution in [3.63, 3.8) is 0 Å². The Hall–Kier alpha value is -3.35. The first-order chi connectivity index (χ1) is 20.4. The highest BCUT2D eigenvalue weighted by molar-refractivity contribution is 6.30. The van der Waals surface area contributed by atoms with Crippen LogP contribution in [0.3, 0.4) is 0 Å². The molecule has 42 heavy (non-hydrogen) atoms. The van der Waals surface area contributed by atoms with E-state index < -0.39 is 0 Å². The molecule has 0 spiro atoms. The third kappa shape index (κ3) is 6.20. The molecule has 2 aliphatic rings. The molecule has 0 bridgehead atoms. The molecule has 1 saturated carbocycles. The van der Waals surface area contributed by atoms with Crippen molar-refractivity contribution in [3.05, 3.63) is 99.3 Å². The summed E-state index contributed by atoms with van der Waals surface area (Å²) in [4.78, 5) is 31.6. The Bertz CT molecular complexity index is 1520. The molecule has 1 aromatic heterocycles. The van der Waals surface area contributed by atoms with Crippen molar-refractivity contribution in [1.82, 2.24) is 14.5 Å². The second-order valence-electron chi connectivity index (χ2n) is 11.3. The van der Waals surface area contributed by atoms with Gasteiger partial charge in [0.15, 0.2) is 0 Å². The fraction of sp³-hybridized carbons (Fsp3) is 0.382. The van der Waals surface area contributed by atoms with Crippen LogP contribution in [0.25, 0.3) is 11.0 Å². The van der Waals surface area contributed by atoms with Crippen molar-refractivity contribution in [2.45, 2.75) is 63.3 Å². The first-order valence-electron chi connectivity index (χ1n) is 14.9. The number of likely N-dealkylation sites (tertiary alicyclic amines) is 1. The maximum absolute atomic E-state index is 12.8. The standard InChI is InChI=1S/C34H35Cl2N3O3/c1-2-42-32(41)16-15-31(40)38-19-17-28(18-20-38)39-30-21-25(9-14-29(30)37-34(39)24-3-4-24)33(22-5-10-26(35)11-6-22)23-7-12-27(36)13-8-23/h5-14,21,24,28,33H,2-4,15-20H2,1H3. The highest BCUT2D eigenvalue weighted by atomic mass is 35.5. The van der Waals surface area contributed by atoms with E-state index >= 15 is 0 Å².